The summed E-state index contributed by atoms with van der Waals surface area (Å²) in [5, 5.41) is 2.99. The number of sulfone groups is 2. The van der Waals surface area contributed by atoms with Crippen molar-refractivity contribution in [3.63, 3.8) is 0 Å². The van der Waals surface area contributed by atoms with Crippen LogP contribution in [-0.2, 0) is 43.5 Å². The van der Waals surface area contributed by atoms with Crippen LogP contribution in [0, 0.1) is 13.8 Å². The highest BCUT2D eigenvalue weighted by Crippen LogP contribution is 2.39. The lowest BCUT2D eigenvalue weighted by molar-refractivity contribution is -0.138. The molecule has 67 heavy (non-hydrogen) atoms. The fourth-order valence-electron chi connectivity index (χ4n) is 7.77. The first kappa shape index (κ1) is 50.8. The summed E-state index contributed by atoms with van der Waals surface area (Å²) in [5.74, 6) is 0.0537. The molecular formula is C47H48ClF6N7O4S2. The first-order chi connectivity index (χ1) is 31.3. The summed E-state index contributed by atoms with van der Waals surface area (Å²) in [4.78, 5) is 21.0. The first-order valence-corrected chi connectivity index (χ1v) is 24.5. The summed E-state index contributed by atoms with van der Waals surface area (Å²) in [5.41, 5.74) is -0.453. The van der Waals surface area contributed by atoms with Gasteiger partial charge in [0.1, 0.15) is 11.6 Å². The minimum atomic E-state index is -4.62. The molecule has 11 nitrogen and oxygen atoms in total. The molecule has 2 fully saturated rings. The molecule has 0 amide bonds. The van der Waals surface area contributed by atoms with Crippen molar-refractivity contribution in [1.82, 2.24) is 25.3 Å². The Kier molecular flexibility index (Phi) is 16.0. The van der Waals surface area contributed by atoms with Crippen LogP contribution in [0.5, 0.6) is 0 Å². The SMILES string of the molecule is Cc1ccccc1-c1nc(CS(=O)(=O)c2cccc(N3CCCCC3)n2)ccc1C(F)(F)F.Cc1ccccc1-c1nc(CS(=O)(=O)c2cccc(N3CCNCC3)n2)ccc1C(F)(F)F.Cl. The van der Waals surface area contributed by atoms with E-state index in [1.54, 1.807) is 86.6 Å². The monoisotopic (exact) mass is 987 g/mol. The van der Waals surface area contributed by atoms with E-state index in [0.29, 0.717) is 47.0 Å². The van der Waals surface area contributed by atoms with Crippen molar-refractivity contribution >= 4 is 43.7 Å². The Bertz CT molecular complexity index is 2710. The van der Waals surface area contributed by atoms with Crippen LogP contribution in [0.2, 0.25) is 0 Å². The van der Waals surface area contributed by atoms with Crippen molar-refractivity contribution in [3.05, 3.63) is 143 Å². The second kappa shape index (κ2) is 21.1. The molecular weight excluding hydrogens is 940 g/mol. The van der Waals surface area contributed by atoms with Crippen LogP contribution < -0.4 is 15.1 Å². The molecule has 0 spiro atoms. The topological polar surface area (TPSA) is 138 Å². The number of aryl methyl sites for hydroxylation is 2. The zero-order chi connectivity index (χ0) is 47.3. The summed E-state index contributed by atoms with van der Waals surface area (Å²) >= 11 is 0. The largest absolute Gasteiger partial charge is 0.418 e. The molecule has 356 valence electrons. The second-order valence-corrected chi connectivity index (χ2v) is 19.9. The first-order valence-electron chi connectivity index (χ1n) is 21.2. The normalized spacial score (nSPS) is 14.7. The van der Waals surface area contributed by atoms with Crippen LogP contribution in [0.1, 0.15) is 52.9 Å². The Morgan fingerprint density at radius 3 is 1.31 bits per heavy atom. The summed E-state index contributed by atoms with van der Waals surface area (Å²) < 4.78 is 134. The van der Waals surface area contributed by atoms with Gasteiger partial charge in [-0.3, -0.25) is 9.97 Å². The van der Waals surface area contributed by atoms with Gasteiger partial charge in [-0.25, -0.2) is 26.8 Å². The van der Waals surface area contributed by atoms with E-state index in [9.17, 15) is 43.2 Å². The van der Waals surface area contributed by atoms with Crippen LogP contribution in [0.3, 0.4) is 0 Å². The Hall–Kier alpha value is -5.63. The molecule has 1 N–H and O–H groups in total. The predicted molar refractivity (Wildman–Crippen MR) is 247 cm³/mol. The van der Waals surface area contributed by atoms with Crippen molar-refractivity contribution in [2.24, 2.45) is 0 Å². The molecule has 6 aromatic rings. The number of anilines is 2. The Morgan fingerprint density at radius 1 is 0.507 bits per heavy atom. The molecule has 0 radical (unpaired) electrons. The van der Waals surface area contributed by atoms with E-state index < -0.39 is 54.7 Å². The summed E-state index contributed by atoms with van der Waals surface area (Å²) in [6.45, 7) is 7.97. The number of pyridine rings is 4. The number of alkyl halides is 6. The average molecular weight is 989 g/mol. The number of benzene rings is 2. The van der Waals surface area contributed by atoms with E-state index in [1.807, 2.05) is 4.90 Å². The maximum Gasteiger partial charge on any atom is 0.418 e. The van der Waals surface area contributed by atoms with E-state index in [0.717, 1.165) is 69.7 Å². The highest BCUT2D eigenvalue weighted by molar-refractivity contribution is 7.90. The van der Waals surface area contributed by atoms with Crippen molar-refractivity contribution in [2.75, 3.05) is 49.1 Å². The number of piperazine rings is 1. The highest BCUT2D eigenvalue weighted by atomic mass is 35.5. The maximum absolute atomic E-state index is 13.6. The van der Waals surface area contributed by atoms with Gasteiger partial charge in [0.25, 0.3) is 0 Å². The number of rotatable bonds is 10. The van der Waals surface area contributed by atoms with Crippen molar-refractivity contribution < 1.29 is 43.2 Å². The Morgan fingerprint density at radius 2 is 0.910 bits per heavy atom. The Balaban J connectivity index is 0.000000218. The predicted octanol–water partition coefficient (Wildman–Crippen LogP) is 9.71. The van der Waals surface area contributed by atoms with Crippen LogP contribution in [0.25, 0.3) is 22.5 Å². The van der Waals surface area contributed by atoms with E-state index >= 15 is 0 Å². The highest BCUT2D eigenvalue weighted by Gasteiger charge is 2.37. The zero-order valence-corrected chi connectivity index (χ0v) is 38.9. The van der Waals surface area contributed by atoms with Crippen molar-refractivity contribution in [2.45, 2.75) is 67.0 Å². The third-order valence-electron chi connectivity index (χ3n) is 11.2. The van der Waals surface area contributed by atoms with Gasteiger partial charge in [0.2, 0.25) is 19.7 Å². The number of nitrogens with zero attached hydrogens (tertiary/aromatic N) is 6. The number of halogens is 7. The van der Waals surface area contributed by atoms with Gasteiger partial charge < -0.3 is 15.1 Å². The molecule has 0 bridgehead atoms. The molecule has 8 rings (SSSR count). The lowest BCUT2D eigenvalue weighted by Crippen LogP contribution is -2.44. The molecule has 6 heterocycles. The lowest BCUT2D eigenvalue weighted by atomic mass is 10.0. The number of aromatic nitrogens is 4. The van der Waals surface area contributed by atoms with E-state index in [1.165, 1.54) is 12.1 Å². The smallest absolute Gasteiger partial charge is 0.357 e. The molecule has 2 aromatic carbocycles. The van der Waals surface area contributed by atoms with E-state index in [2.05, 4.69) is 30.2 Å². The fourth-order valence-corrected chi connectivity index (χ4v) is 10.2. The molecule has 0 unspecified atom stereocenters. The van der Waals surface area contributed by atoms with Gasteiger partial charge in [-0.15, -0.1) is 12.4 Å². The van der Waals surface area contributed by atoms with Gasteiger partial charge in [0.15, 0.2) is 10.1 Å². The van der Waals surface area contributed by atoms with Crippen LogP contribution in [0.15, 0.2) is 119 Å². The van der Waals surface area contributed by atoms with Crippen molar-refractivity contribution in [3.8, 4) is 22.5 Å². The number of nitrogens with one attached hydrogen (secondary N) is 1. The maximum atomic E-state index is 13.6. The van der Waals surface area contributed by atoms with Gasteiger partial charge in [-0.05, 0) is 92.8 Å². The third kappa shape index (κ3) is 12.5. The minimum absolute atomic E-state index is 0. The van der Waals surface area contributed by atoms with Crippen molar-refractivity contribution in [1.29, 1.82) is 0 Å². The second-order valence-electron chi connectivity index (χ2n) is 16.0. The van der Waals surface area contributed by atoms with E-state index in [-0.39, 0.29) is 45.2 Å². The fraction of sp³-hybridized carbons (Fsp3) is 0.319. The van der Waals surface area contributed by atoms with Crippen LogP contribution in [-0.4, -0.2) is 76.0 Å². The summed E-state index contributed by atoms with van der Waals surface area (Å²) in [7, 11) is -7.84. The molecule has 4 aromatic heterocycles. The molecule has 0 atom stereocenters. The molecule has 0 saturated carbocycles. The summed E-state index contributed by atoms with van der Waals surface area (Å²) in [6, 6.07) is 26.8. The number of hydrogen-bond donors (Lipinski definition) is 1. The Labute approximate surface area is 392 Å². The van der Waals surface area contributed by atoms with Gasteiger partial charge in [-0.1, -0.05) is 60.7 Å². The zero-order valence-electron chi connectivity index (χ0n) is 36.5. The molecule has 2 aliphatic heterocycles. The lowest BCUT2D eigenvalue weighted by Gasteiger charge is -2.28. The third-order valence-corrected chi connectivity index (χ3v) is 14.2. The minimum Gasteiger partial charge on any atom is -0.357 e. The van der Waals surface area contributed by atoms with Crippen LogP contribution >= 0.6 is 12.4 Å². The molecule has 0 aliphatic carbocycles. The summed E-state index contributed by atoms with van der Waals surface area (Å²) in [6.07, 6.45) is -6.06. The molecule has 20 heteroatoms. The van der Waals surface area contributed by atoms with E-state index in [4.69, 9.17) is 0 Å². The van der Waals surface area contributed by atoms with Gasteiger partial charge in [0, 0.05) is 50.4 Å². The average Bonchev–Trinajstić information content (AvgIpc) is 3.29. The van der Waals surface area contributed by atoms with Gasteiger partial charge >= 0.3 is 12.4 Å². The molecule has 2 saturated heterocycles. The molecule has 2 aliphatic rings. The number of hydrogen-bond acceptors (Lipinski definition) is 11. The van der Waals surface area contributed by atoms with Gasteiger partial charge in [0.05, 0.1) is 45.4 Å². The van der Waals surface area contributed by atoms with Gasteiger partial charge in [-0.2, -0.15) is 26.3 Å². The van der Waals surface area contributed by atoms with Crippen LogP contribution in [0.4, 0.5) is 38.0 Å². The standard InChI is InChI=1S/C24H24F3N3O2S.C23H23F3N4O2S.ClH/c1-17-8-3-4-9-19(17)23-20(24(25,26)27)13-12-18(28-23)16-33(31,32)22-11-7-10-21(29-22)30-14-5-2-6-15-30;1-16-5-2-3-6-18(16)22-19(23(24,25)26)10-9-17(28-22)15-33(31,32)21-8-4-7-20(29-21)30-13-11-27-12-14-30;/h3-4,7-13H,2,5-6,14-16H2,1H3;2-10,27H,11-15H2,1H3;1H. The number of piperidine rings is 1. The quantitative estimate of drug-likeness (QED) is 0.131.